The van der Waals surface area contributed by atoms with E-state index in [1.807, 2.05) is 36.4 Å². The second-order valence-corrected chi connectivity index (χ2v) is 8.97. The van der Waals surface area contributed by atoms with E-state index in [1.165, 1.54) is 6.08 Å². The molecule has 0 bridgehead atoms. The molecule has 0 radical (unpaired) electrons. The molecular formula is C24H17BrClIN2O3. The lowest BCUT2D eigenvalue weighted by molar-refractivity contribution is -0.112. The molecule has 1 N–H and O–H groups in total. The van der Waals surface area contributed by atoms with Crippen LogP contribution in [0.3, 0.4) is 0 Å². The van der Waals surface area contributed by atoms with Crippen molar-refractivity contribution in [2.75, 3.05) is 12.4 Å². The van der Waals surface area contributed by atoms with E-state index < -0.39 is 5.91 Å². The number of nitriles is 1. The maximum Gasteiger partial charge on any atom is 0.266 e. The molecule has 5 nitrogen and oxygen atoms in total. The van der Waals surface area contributed by atoms with Crippen LogP contribution in [0, 0.1) is 14.9 Å². The minimum absolute atomic E-state index is 0.0201. The third kappa shape index (κ3) is 6.25. The van der Waals surface area contributed by atoms with E-state index in [0.717, 1.165) is 9.13 Å². The van der Waals surface area contributed by atoms with E-state index in [9.17, 15) is 10.1 Å². The first-order valence-electron chi connectivity index (χ1n) is 9.33. The lowest BCUT2D eigenvalue weighted by Crippen LogP contribution is -2.13. The quantitative estimate of drug-likeness (QED) is 0.178. The zero-order chi connectivity index (χ0) is 23.1. The van der Waals surface area contributed by atoms with Gasteiger partial charge in [-0.05, 0) is 92.6 Å². The number of hydrogen-bond donors (Lipinski definition) is 1. The van der Waals surface area contributed by atoms with Crippen LogP contribution in [0.15, 0.2) is 70.7 Å². The number of benzene rings is 3. The molecule has 0 saturated heterocycles. The van der Waals surface area contributed by atoms with Gasteiger partial charge < -0.3 is 14.8 Å². The molecule has 1 amide bonds. The zero-order valence-corrected chi connectivity index (χ0v) is 21.4. The maximum absolute atomic E-state index is 12.5. The highest BCUT2D eigenvalue weighted by Crippen LogP contribution is 2.34. The van der Waals surface area contributed by atoms with Gasteiger partial charge in [0, 0.05) is 16.3 Å². The van der Waals surface area contributed by atoms with E-state index in [2.05, 4.69) is 43.8 Å². The number of rotatable bonds is 7. The van der Waals surface area contributed by atoms with Crippen LogP contribution in [-0.4, -0.2) is 13.0 Å². The summed E-state index contributed by atoms with van der Waals surface area (Å²) in [6.45, 7) is 0.317. The molecule has 0 aliphatic carbocycles. The number of ether oxygens (including phenoxy) is 2. The van der Waals surface area contributed by atoms with Crippen molar-refractivity contribution in [1.29, 1.82) is 5.26 Å². The standard InChI is InChI=1S/C24H17BrClIN2O3/c1-31-19-8-6-18(7-9-19)29-24(30)17(13-28)10-15-11-20(25)23(22(27)12-15)32-14-16-4-2-3-5-21(16)26/h2-12H,14H2,1H3,(H,29,30)/b17-10-. The number of methoxy groups -OCH3 is 1. The first-order valence-corrected chi connectivity index (χ1v) is 11.6. The fourth-order valence-electron chi connectivity index (χ4n) is 2.75. The van der Waals surface area contributed by atoms with Gasteiger partial charge in [0.05, 0.1) is 15.2 Å². The highest BCUT2D eigenvalue weighted by molar-refractivity contribution is 14.1. The Kier molecular flexibility index (Phi) is 8.56. The maximum atomic E-state index is 12.5. The van der Waals surface area contributed by atoms with E-state index in [0.29, 0.717) is 38.9 Å². The number of hydrogen-bond acceptors (Lipinski definition) is 4. The minimum Gasteiger partial charge on any atom is -0.497 e. The predicted octanol–water partition coefficient (Wildman–Crippen LogP) is 6.84. The number of halogens is 3. The number of nitrogens with one attached hydrogen (secondary N) is 1. The van der Waals surface area contributed by atoms with Crippen LogP contribution in [0.2, 0.25) is 5.02 Å². The number of amides is 1. The average molecular weight is 624 g/mol. The molecule has 0 saturated carbocycles. The Morgan fingerprint density at radius 2 is 1.94 bits per heavy atom. The van der Waals surface area contributed by atoms with Crippen molar-refractivity contribution in [3.63, 3.8) is 0 Å². The predicted molar refractivity (Wildman–Crippen MR) is 138 cm³/mol. The Bertz CT molecular complexity index is 1180. The summed E-state index contributed by atoms with van der Waals surface area (Å²) < 4.78 is 12.6. The van der Waals surface area contributed by atoms with Crippen molar-refractivity contribution >= 4 is 67.8 Å². The number of nitrogens with zero attached hydrogens (tertiary/aromatic N) is 1. The number of carbonyl (C=O) groups is 1. The van der Waals surface area contributed by atoms with Gasteiger partial charge in [0.2, 0.25) is 0 Å². The van der Waals surface area contributed by atoms with Crippen LogP contribution >= 0.6 is 50.1 Å². The number of anilines is 1. The summed E-state index contributed by atoms with van der Waals surface area (Å²) in [6.07, 6.45) is 1.53. The summed E-state index contributed by atoms with van der Waals surface area (Å²) in [5.41, 5.74) is 2.11. The van der Waals surface area contributed by atoms with Gasteiger partial charge >= 0.3 is 0 Å². The third-order valence-electron chi connectivity index (χ3n) is 4.37. The molecule has 32 heavy (non-hydrogen) atoms. The average Bonchev–Trinajstić information content (AvgIpc) is 2.78. The van der Waals surface area contributed by atoms with Gasteiger partial charge in [-0.3, -0.25) is 4.79 Å². The largest absolute Gasteiger partial charge is 0.497 e. The summed E-state index contributed by atoms with van der Waals surface area (Å²) >= 11 is 11.9. The molecule has 8 heteroatoms. The lowest BCUT2D eigenvalue weighted by atomic mass is 10.1. The molecule has 0 aliphatic heterocycles. The molecule has 3 rings (SSSR count). The van der Waals surface area contributed by atoms with Crippen LogP contribution < -0.4 is 14.8 Å². The molecule has 0 unspecified atom stereocenters. The van der Waals surface area contributed by atoms with E-state index >= 15 is 0 Å². The Hall–Kier alpha value is -2.54. The lowest BCUT2D eigenvalue weighted by Gasteiger charge is -2.12. The van der Waals surface area contributed by atoms with Crippen molar-refractivity contribution in [2.45, 2.75) is 6.61 Å². The topological polar surface area (TPSA) is 71.3 Å². The van der Waals surface area contributed by atoms with Gasteiger partial charge in [-0.15, -0.1) is 0 Å². The Labute approximate surface area is 213 Å². The first-order chi connectivity index (χ1) is 15.4. The molecule has 0 atom stereocenters. The normalized spacial score (nSPS) is 10.9. The van der Waals surface area contributed by atoms with Gasteiger partial charge in [0.1, 0.15) is 29.7 Å². The van der Waals surface area contributed by atoms with E-state index in [4.69, 9.17) is 21.1 Å². The highest BCUT2D eigenvalue weighted by Gasteiger charge is 2.13. The van der Waals surface area contributed by atoms with Crippen LogP contribution in [-0.2, 0) is 11.4 Å². The summed E-state index contributed by atoms with van der Waals surface area (Å²) in [4.78, 5) is 12.5. The van der Waals surface area contributed by atoms with Gasteiger partial charge in [0.15, 0.2) is 0 Å². The molecule has 0 heterocycles. The number of carbonyl (C=O) groups excluding carboxylic acids is 1. The Balaban J connectivity index is 1.76. The Morgan fingerprint density at radius 3 is 2.56 bits per heavy atom. The monoisotopic (exact) mass is 622 g/mol. The van der Waals surface area contributed by atoms with E-state index in [1.54, 1.807) is 37.4 Å². The van der Waals surface area contributed by atoms with Crippen LogP contribution in [0.4, 0.5) is 5.69 Å². The summed E-state index contributed by atoms with van der Waals surface area (Å²) in [6, 6.07) is 19.9. The van der Waals surface area contributed by atoms with Gasteiger partial charge in [-0.25, -0.2) is 0 Å². The molecule has 3 aromatic carbocycles. The third-order valence-corrected chi connectivity index (χ3v) is 6.13. The fraction of sp³-hybridized carbons (Fsp3) is 0.0833. The van der Waals surface area contributed by atoms with Crippen molar-refractivity contribution < 1.29 is 14.3 Å². The molecule has 0 aromatic heterocycles. The summed E-state index contributed by atoms with van der Waals surface area (Å²) in [5, 5.41) is 12.8. The Morgan fingerprint density at radius 1 is 1.22 bits per heavy atom. The van der Waals surface area contributed by atoms with Crippen LogP contribution in [0.5, 0.6) is 11.5 Å². The summed E-state index contributed by atoms with van der Waals surface area (Å²) in [7, 11) is 1.57. The second kappa shape index (κ2) is 11.4. The molecule has 0 aliphatic rings. The highest BCUT2D eigenvalue weighted by atomic mass is 127. The van der Waals surface area contributed by atoms with Crippen molar-refractivity contribution in [1.82, 2.24) is 0 Å². The van der Waals surface area contributed by atoms with Crippen LogP contribution in [0.1, 0.15) is 11.1 Å². The van der Waals surface area contributed by atoms with Crippen LogP contribution in [0.25, 0.3) is 6.08 Å². The molecule has 0 fully saturated rings. The van der Waals surface area contributed by atoms with Crippen molar-refractivity contribution in [2.24, 2.45) is 0 Å². The summed E-state index contributed by atoms with van der Waals surface area (Å²) in [5.74, 6) is 0.835. The minimum atomic E-state index is -0.497. The van der Waals surface area contributed by atoms with Crippen molar-refractivity contribution in [3.05, 3.63) is 90.4 Å². The van der Waals surface area contributed by atoms with E-state index in [-0.39, 0.29) is 5.57 Å². The smallest absolute Gasteiger partial charge is 0.266 e. The second-order valence-electron chi connectivity index (χ2n) is 6.55. The van der Waals surface area contributed by atoms with Gasteiger partial charge in [-0.2, -0.15) is 5.26 Å². The fourth-order valence-corrected chi connectivity index (χ4v) is 4.71. The molecule has 0 spiro atoms. The molecular weight excluding hydrogens is 607 g/mol. The zero-order valence-electron chi connectivity index (χ0n) is 16.9. The molecule has 3 aromatic rings. The molecule has 162 valence electrons. The van der Waals surface area contributed by atoms with Gasteiger partial charge in [0.25, 0.3) is 5.91 Å². The van der Waals surface area contributed by atoms with Gasteiger partial charge in [-0.1, -0.05) is 29.8 Å². The van der Waals surface area contributed by atoms with Crippen molar-refractivity contribution in [3.8, 4) is 17.6 Å². The first kappa shape index (κ1) is 24.1. The SMILES string of the molecule is COc1ccc(NC(=O)/C(C#N)=C\c2cc(Br)c(OCc3ccccc3Cl)c(I)c2)cc1.